The monoisotopic (exact) mass is 375 g/mol. The van der Waals surface area contributed by atoms with Crippen LogP contribution in [0.5, 0.6) is 0 Å². The minimum atomic E-state index is -0.0523. The van der Waals surface area contributed by atoms with Crippen molar-refractivity contribution in [1.82, 2.24) is 15.2 Å². The summed E-state index contributed by atoms with van der Waals surface area (Å²) in [6.07, 6.45) is 4.03. The number of ether oxygens (including phenoxy) is 1. The Morgan fingerprint density at radius 1 is 1.32 bits per heavy atom. The van der Waals surface area contributed by atoms with Gasteiger partial charge in [-0.05, 0) is 36.6 Å². The number of carbonyl (C=O) groups is 1. The average molecular weight is 376 g/mol. The van der Waals surface area contributed by atoms with Crippen LogP contribution in [0.3, 0.4) is 0 Å². The van der Waals surface area contributed by atoms with E-state index in [0.717, 1.165) is 41.9 Å². The van der Waals surface area contributed by atoms with Crippen molar-refractivity contribution < 1.29 is 9.53 Å². The van der Waals surface area contributed by atoms with Crippen LogP contribution in [0.2, 0.25) is 0 Å². The lowest BCUT2D eigenvalue weighted by Gasteiger charge is -2.35. The van der Waals surface area contributed by atoms with Crippen molar-refractivity contribution in [2.45, 2.75) is 37.5 Å². The zero-order valence-corrected chi connectivity index (χ0v) is 15.5. The van der Waals surface area contributed by atoms with Gasteiger partial charge in [0.15, 0.2) is 0 Å². The summed E-state index contributed by atoms with van der Waals surface area (Å²) in [5.41, 5.74) is 0.533. The van der Waals surface area contributed by atoms with Crippen LogP contribution in [-0.4, -0.2) is 53.7 Å². The van der Waals surface area contributed by atoms with Gasteiger partial charge >= 0.3 is 0 Å². The molecule has 3 atom stereocenters. The van der Waals surface area contributed by atoms with E-state index in [1.807, 2.05) is 22.9 Å². The molecule has 0 bridgehead atoms. The molecule has 3 fully saturated rings. The molecule has 5 nitrogen and oxygen atoms in total. The van der Waals surface area contributed by atoms with E-state index < -0.39 is 0 Å². The molecule has 132 valence electrons. The van der Waals surface area contributed by atoms with E-state index in [0.29, 0.717) is 17.8 Å². The molecule has 1 N–H and O–H groups in total. The first-order valence-corrected chi connectivity index (χ1v) is 10.7. The molecule has 0 aromatic carbocycles. The molecule has 2 saturated heterocycles. The molecular formula is C18H21N3O2S2. The molecule has 2 aromatic heterocycles. The highest BCUT2D eigenvalue weighted by Crippen LogP contribution is 2.38. The number of amides is 1. The fourth-order valence-corrected chi connectivity index (χ4v) is 5.52. The van der Waals surface area contributed by atoms with Crippen molar-refractivity contribution in [1.29, 1.82) is 0 Å². The Labute approximate surface area is 155 Å². The normalized spacial score (nSPS) is 29.5. The van der Waals surface area contributed by atoms with Crippen LogP contribution in [0.15, 0.2) is 22.9 Å². The van der Waals surface area contributed by atoms with E-state index in [-0.39, 0.29) is 11.9 Å². The molecule has 0 spiro atoms. The van der Waals surface area contributed by atoms with Gasteiger partial charge in [-0.25, -0.2) is 4.98 Å². The minimum absolute atomic E-state index is 0.0523. The summed E-state index contributed by atoms with van der Waals surface area (Å²) >= 11 is 3.18. The molecule has 25 heavy (non-hydrogen) atoms. The Balaban J connectivity index is 1.20. The van der Waals surface area contributed by atoms with Crippen LogP contribution in [0, 0.1) is 5.92 Å². The standard InChI is InChI=1S/C18H21N3O2S2/c22-17(14-10-25-18(20-14)16-2-1-5-24-16)19-12-6-13-9-23-15(11-3-4-11)8-21(13)7-12/h1-2,5,10-13,15H,3-4,6-9H2,(H,19,22)/t12-,13+,15-/m1/s1. The number of nitrogens with one attached hydrogen (secondary N) is 1. The van der Waals surface area contributed by atoms with Crippen molar-refractivity contribution in [2.24, 2.45) is 5.92 Å². The topological polar surface area (TPSA) is 54.5 Å². The number of thiazole rings is 1. The Morgan fingerprint density at radius 2 is 2.24 bits per heavy atom. The van der Waals surface area contributed by atoms with Gasteiger partial charge in [-0.2, -0.15) is 0 Å². The van der Waals surface area contributed by atoms with Crippen molar-refractivity contribution in [3.63, 3.8) is 0 Å². The number of nitrogens with zero attached hydrogens (tertiary/aromatic N) is 2. The summed E-state index contributed by atoms with van der Waals surface area (Å²) in [7, 11) is 0. The molecule has 4 heterocycles. The molecule has 1 aliphatic carbocycles. The lowest BCUT2D eigenvalue weighted by atomic mass is 10.1. The number of thiophene rings is 1. The Kier molecular flexibility index (Phi) is 4.12. The Hall–Kier alpha value is -1.28. The van der Waals surface area contributed by atoms with Crippen molar-refractivity contribution >= 4 is 28.6 Å². The van der Waals surface area contributed by atoms with Gasteiger partial charge < -0.3 is 10.1 Å². The van der Waals surface area contributed by atoms with Crippen LogP contribution >= 0.6 is 22.7 Å². The highest BCUT2D eigenvalue weighted by atomic mass is 32.1. The van der Waals surface area contributed by atoms with E-state index in [9.17, 15) is 4.79 Å². The molecule has 0 radical (unpaired) electrons. The summed E-state index contributed by atoms with van der Waals surface area (Å²) in [4.78, 5) is 20.7. The van der Waals surface area contributed by atoms with Gasteiger partial charge in [-0.15, -0.1) is 22.7 Å². The smallest absolute Gasteiger partial charge is 0.271 e. The average Bonchev–Trinajstić information content (AvgIpc) is 3.05. The molecule has 5 rings (SSSR count). The van der Waals surface area contributed by atoms with Crippen LogP contribution in [0.25, 0.3) is 9.88 Å². The predicted molar refractivity (Wildman–Crippen MR) is 99.1 cm³/mol. The first kappa shape index (κ1) is 15.9. The number of hydrogen-bond donors (Lipinski definition) is 1. The van der Waals surface area contributed by atoms with Gasteiger partial charge in [-0.1, -0.05) is 6.07 Å². The molecule has 2 aliphatic heterocycles. The van der Waals surface area contributed by atoms with E-state index in [4.69, 9.17) is 4.74 Å². The maximum absolute atomic E-state index is 12.6. The number of aromatic nitrogens is 1. The van der Waals surface area contributed by atoms with Crippen LogP contribution in [0.4, 0.5) is 0 Å². The summed E-state index contributed by atoms with van der Waals surface area (Å²) in [6, 6.07) is 4.70. The van der Waals surface area contributed by atoms with Crippen molar-refractivity contribution in [2.75, 3.05) is 19.7 Å². The highest BCUT2D eigenvalue weighted by Gasteiger charge is 2.42. The fraction of sp³-hybridized carbons (Fsp3) is 0.556. The van der Waals surface area contributed by atoms with Gasteiger partial charge in [0.05, 0.1) is 17.6 Å². The Morgan fingerprint density at radius 3 is 3.04 bits per heavy atom. The maximum Gasteiger partial charge on any atom is 0.271 e. The third-order valence-electron chi connectivity index (χ3n) is 5.40. The van der Waals surface area contributed by atoms with Gasteiger partial charge in [-0.3, -0.25) is 9.69 Å². The number of carbonyl (C=O) groups excluding carboxylic acids is 1. The zero-order chi connectivity index (χ0) is 16.8. The molecule has 7 heteroatoms. The largest absolute Gasteiger partial charge is 0.375 e. The first-order chi connectivity index (χ1) is 12.3. The summed E-state index contributed by atoms with van der Waals surface area (Å²) in [5.74, 6) is 0.726. The molecule has 1 amide bonds. The van der Waals surface area contributed by atoms with Gasteiger partial charge in [0.1, 0.15) is 10.7 Å². The molecule has 1 saturated carbocycles. The third-order valence-corrected chi connectivity index (χ3v) is 7.28. The van der Waals surface area contributed by atoms with Crippen LogP contribution < -0.4 is 5.32 Å². The van der Waals surface area contributed by atoms with Gasteiger partial charge in [0.2, 0.25) is 0 Å². The number of fused-ring (bicyclic) bond motifs is 1. The van der Waals surface area contributed by atoms with E-state index in [1.54, 1.807) is 11.3 Å². The lowest BCUT2D eigenvalue weighted by Crippen LogP contribution is -2.47. The lowest BCUT2D eigenvalue weighted by molar-refractivity contribution is -0.0581. The second-order valence-corrected chi connectivity index (χ2v) is 9.04. The minimum Gasteiger partial charge on any atom is -0.375 e. The number of rotatable bonds is 4. The summed E-state index contributed by atoms with van der Waals surface area (Å²) in [6.45, 7) is 2.78. The van der Waals surface area contributed by atoms with E-state index in [2.05, 4.69) is 15.2 Å². The number of hydrogen-bond acceptors (Lipinski definition) is 6. The van der Waals surface area contributed by atoms with E-state index >= 15 is 0 Å². The predicted octanol–water partition coefficient (Wildman–Crippen LogP) is 2.85. The zero-order valence-electron chi connectivity index (χ0n) is 13.9. The van der Waals surface area contributed by atoms with Crippen LogP contribution in [0.1, 0.15) is 29.8 Å². The molecule has 0 unspecified atom stereocenters. The fourth-order valence-electron chi connectivity index (χ4n) is 3.91. The molecule has 2 aromatic rings. The maximum atomic E-state index is 12.6. The molecule has 3 aliphatic rings. The first-order valence-electron chi connectivity index (χ1n) is 8.92. The van der Waals surface area contributed by atoms with Crippen molar-refractivity contribution in [3.05, 3.63) is 28.6 Å². The van der Waals surface area contributed by atoms with Gasteiger partial charge in [0.25, 0.3) is 5.91 Å². The third kappa shape index (κ3) is 3.26. The van der Waals surface area contributed by atoms with Gasteiger partial charge in [0, 0.05) is 30.6 Å². The second-order valence-electron chi connectivity index (χ2n) is 7.24. The van der Waals surface area contributed by atoms with Crippen LogP contribution in [-0.2, 0) is 4.74 Å². The summed E-state index contributed by atoms with van der Waals surface area (Å²) in [5, 5.41) is 7.99. The summed E-state index contributed by atoms with van der Waals surface area (Å²) < 4.78 is 6.03. The quantitative estimate of drug-likeness (QED) is 0.893. The molecular weight excluding hydrogens is 354 g/mol. The van der Waals surface area contributed by atoms with E-state index in [1.165, 1.54) is 24.2 Å². The van der Waals surface area contributed by atoms with Crippen molar-refractivity contribution in [3.8, 4) is 9.88 Å². The SMILES string of the molecule is O=C(N[C@@H]1C[C@H]2CO[C@@H](C3CC3)CN2C1)c1csc(-c2cccs2)n1. The Bertz CT molecular complexity index is 756. The number of morpholine rings is 1. The highest BCUT2D eigenvalue weighted by molar-refractivity contribution is 7.20. The second kappa shape index (κ2) is 6.46.